The summed E-state index contributed by atoms with van der Waals surface area (Å²) >= 11 is 0. The summed E-state index contributed by atoms with van der Waals surface area (Å²) in [6.07, 6.45) is 0. The molecule has 0 unspecified atom stereocenters. The SMILES string of the molecule is Cc1nc2cccc(C)n2c1N=Nc1cccc([N+](=O)[O-])c1. The molecule has 1 aromatic carbocycles. The van der Waals surface area contributed by atoms with E-state index in [-0.39, 0.29) is 5.69 Å². The van der Waals surface area contributed by atoms with E-state index in [0.29, 0.717) is 11.5 Å². The second-order valence-electron chi connectivity index (χ2n) is 4.86. The molecule has 0 aliphatic heterocycles. The minimum atomic E-state index is -0.456. The Balaban J connectivity index is 2.05. The van der Waals surface area contributed by atoms with Gasteiger partial charge in [0.15, 0.2) is 5.82 Å². The Morgan fingerprint density at radius 1 is 1.14 bits per heavy atom. The normalized spacial score (nSPS) is 11.4. The third-order valence-corrected chi connectivity index (χ3v) is 3.28. The van der Waals surface area contributed by atoms with Gasteiger partial charge in [0.1, 0.15) is 5.65 Å². The largest absolute Gasteiger partial charge is 0.280 e. The number of nitro benzene ring substituents is 1. The molecule has 2 heterocycles. The van der Waals surface area contributed by atoms with Crippen molar-refractivity contribution in [3.05, 3.63) is 64.0 Å². The van der Waals surface area contributed by atoms with Crippen molar-refractivity contribution in [2.75, 3.05) is 0 Å². The van der Waals surface area contributed by atoms with Crippen LogP contribution in [-0.2, 0) is 0 Å². The number of hydrogen-bond acceptors (Lipinski definition) is 5. The monoisotopic (exact) mass is 295 g/mol. The number of nitro groups is 1. The minimum Gasteiger partial charge on any atom is -0.280 e. The molecular formula is C15H13N5O2. The van der Waals surface area contributed by atoms with Crippen LogP contribution in [0.15, 0.2) is 52.7 Å². The lowest BCUT2D eigenvalue weighted by molar-refractivity contribution is -0.384. The van der Waals surface area contributed by atoms with Crippen LogP contribution in [0.1, 0.15) is 11.4 Å². The predicted octanol–water partition coefficient (Wildman–Crippen LogP) is 4.27. The molecule has 0 radical (unpaired) electrons. The molecule has 7 nitrogen and oxygen atoms in total. The molecule has 0 bridgehead atoms. The molecule has 110 valence electrons. The second-order valence-corrected chi connectivity index (χ2v) is 4.86. The molecule has 0 saturated heterocycles. The number of hydrogen-bond donors (Lipinski definition) is 0. The van der Waals surface area contributed by atoms with Crippen LogP contribution in [0.3, 0.4) is 0 Å². The molecule has 0 aliphatic rings. The number of imidazole rings is 1. The molecule has 7 heteroatoms. The molecule has 0 aliphatic carbocycles. The Morgan fingerprint density at radius 2 is 1.91 bits per heavy atom. The van der Waals surface area contributed by atoms with Gasteiger partial charge in [-0.3, -0.25) is 14.5 Å². The molecule has 0 N–H and O–H groups in total. The van der Waals surface area contributed by atoms with Gasteiger partial charge in [-0.1, -0.05) is 12.1 Å². The molecule has 0 amide bonds. The zero-order valence-electron chi connectivity index (χ0n) is 12.1. The van der Waals surface area contributed by atoms with Gasteiger partial charge in [0.05, 0.1) is 16.3 Å². The number of non-ortho nitro benzene ring substituents is 1. The highest BCUT2D eigenvalue weighted by Gasteiger charge is 2.10. The highest BCUT2D eigenvalue weighted by molar-refractivity contribution is 5.53. The van der Waals surface area contributed by atoms with Crippen molar-refractivity contribution in [2.24, 2.45) is 10.2 Å². The van der Waals surface area contributed by atoms with E-state index in [0.717, 1.165) is 17.0 Å². The minimum absolute atomic E-state index is 0.0116. The van der Waals surface area contributed by atoms with Gasteiger partial charge in [-0.15, -0.1) is 10.2 Å². The Kier molecular flexibility index (Phi) is 3.38. The third kappa shape index (κ3) is 2.44. The van der Waals surface area contributed by atoms with Gasteiger partial charge >= 0.3 is 0 Å². The van der Waals surface area contributed by atoms with Crippen molar-refractivity contribution in [2.45, 2.75) is 13.8 Å². The Morgan fingerprint density at radius 3 is 2.68 bits per heavy atom. The fraction of sp³-hybridized carbons (Fsp3) is 0.133. The summed E-state index contributed by atoms with van der Waals surface area (Å²) in [6, 6.07) is 11.8. The highest BCUT2D eigenvalue weighted by atomic mass is 16.6. The average Bonchev–Trinajstić information content (AvgIpc) is 2.82. The molecule has 0 saturated carbocycles. The van der Waals surface area contributed by atoms with Crippen LogP contribution in [-0.4, -0.2) is 14.3 Å². The van der Waals surface area contributed by atoms with Crippen LogP contribution >= 0.6 is 0 Å². The summed E-state index contributed by atoms with van der Waals surface area (Å²) in [6.45, 7) is 3.81. The average molecular weight is 295 g/mol. The van der Waals surface area contributed by atoms with E-state index in [9.17, 15) is 10.1 Å². The van der Waals surface area contributed by atoms with Crippen LogP contribution in [0.5, 0.6) is 0 Å². The van der Waals surface area contributed by atoms with E-state index in [1.807, 2.05) is 36.4 Å². The van der Waals surface area contributed by atoms with Gasteiger partial charge in [0.2, 0.25) is 0 Å². The van der Waals surface area contributed by atoms with E-state index in [1.165, 1.54) is 12.1 Å². The Hall–Kier alpha value is -3.09. The zero-order valence-corrected chi connectivity index (χ0v) is 12.1. The van der Waals surface area contributed by atoms with Gasteiger partial charge in [0.25, 0.3) is 5.69 Å². The summed E-state index contributed by atoms with van der Waals surface area (Å²) in [5.41, 5.74) is 2.96. The first-order valence-electron chi connectivity index (χ1n) is 6.67. The topological polar surface area (TPSA) is 85.2 Å². The second kappa shape index (κ2) is 5.36. The van der Waals surface area contributed by atoms with E-state index < -0.39 is 4.92 Å². The number of rotatable bonds is 3. The van der Waals surface area contributed by atoms with Gasteiger partial charge in [-0.25, -0.2) is 4.98 Å². The van der Waals surface area contributed by atoms with Crippen molar-refractivity contribution in [3.63, 3.8) is 0 Å². The fourth-order valence-corrected chi connectivity index (χ4v) is 2.24. The van der Waals surface area contributed by atoms with Crippen LogP contribution < -0.4 is 0 Å². The first kappa shape index (κ1) is 13.9. The van der Waals surface area contributed by atoms with E-state index in [1.54, 1.807) is 12.1 Å². The summed E-state index contributed by atoms with van der Waals surface area (Å²) in [4.78, 5) is 14.8. The number of aromatic nitrogens is 2. The number of azo groups is 1. The Labute approximate surface area is 126 Å². The maximum absolute atomic E-state index is 10.8. The first-order chi connectivity index (χ1) is 10.6. The standard InChI is InChI=1S/C15H13N5O2/c1-10-5-3-8-14-16-11(2)15(19(10)14)18-17-12-6-4-7-13(9-12)20(21)22/h3-9H,1-2H3. The smallest absolute Gasteiger partial charge is 0.271 e. The van der Waals surface area contributed by atoms with E-state index >= 15 is 0 Å². The van der Waals surface area contributed by atoms with Crippen molar-refractivity contribution in [1.29, 1.82) is 0 Å². The van der Waals surface area contributed by atoms with Gasteiger partial charge in [-0.2, -0.15) is 0 Å². The molecule has 22 heavy (non-hydrogen) atoms. The third-order valence-electron chi connectivity index (χ3n) is 3.28. The first-order valence-corrected chi connectivity index (χ1v) is 6.67. The van der Waals surface area contributed by atoms with Gasteiger partial charge < -0.3 is 0 Å². The molecule has 0 spiro atoms. The molecule has 3 rings (SSSR count). The Bertz CT molecular complexity index is 898. The van der Waals surface area contributed by atoms with Crippen LogP contribution in [0.2, 0.25) is 0 Å². The summed E-state index contributed by atoms with van der Waals surface area (Å²) in [7, 11) is 0. The molecular weight excluding hydrogens is 282 g/mol. The molecule has 2 aromatic heterocycles. The summed E-state index contributed by atoms with van der Waals surface area (Å²) in [5.74, 6) is 0.625. The number of pyridine rings is 1. The van der Waals surface area contributed by atoms with Crippen molar-refractivity contribution in [3.8, 4) is 0 Å². The van der Waals surface area contributed by atoms with Crippen LogP contribution in [0.4, 0.5) is 17.2 Å². The van der Waals surface area contributed by atoms with Crippen molar-refractivity contribution >= 4 is 22.8 Å². The van der Waals surface area contributed by atoms with Crippen LogP contribution in [0.25, 0.3) is 5.65 Å². The van der Waals surface area contributed by atoms with Gasteiger partial charge in [-0.05, 0) is 32.0 Å². The molecule has 3 aromatic rings. The fourth-order valence-electron chi connectivity index (χ4n) is 2.24. The van der Waals surface area contributed by atoms with Gasteiger partial charge in [0, 0.05) is 17.8 Å². The van der Waals surface area contributed by atoms with E-state index in [2.05, 4.69) is 15.2 Å². The van der Waals surface area contributed by atoms with Crippen molar-refractivity contribution in [1.82, 2.24) is 9.38 Å². The maximum atomic E-state index is 10.8. The number of fused-ring (bicyclic) bond motifs is 1. The number of aryl methyl sites for hydroxylation is 2. The summed E-state index contributed by atoms with van der Waals surface area (Å²) in [5, 5.41) is 19.1. The van der Waals surface area contributed by atoms with E-state index in [4.69, 9.17) is 0 Å². The quantitative estimate of drug-likeness (QED) is 0.410. The number of nitrogens with zero attached hydrogens (tertiary/aromatic N) is 5. The molecule has 0 fully saturated rings. The predicted molar refractivity (Wildman–Crippen MR) is 81.9 cm³/mol. The lowest BCUT2D eigenvalue weighted by Gasteiger charge is -2.00. The van der Waals surface area contributed by atoms with Crippen molar-refractivity contribution < 1.29 is 4.92 Å². The zero-order chi connectivity index (χ0) is 15.7. The lowest BCUT2D eigenvalue weighted by Crippen LogP contribution is -1.89. The highest BCUT2D eigenvalue weighted by Crippen LogP contribution is 2.26. The van der Waals surface area contributed by atoms with Crippen LogP contribution in [0, 0.1) is 24.0 Å². The lowest BCUT2D eigenvalue weighted by atomic mass is 10.3. The number of benzene rings is 1. The summed E-state index contributed by atoms with van der Waals surface area (Å²) < 4.78 is 1.90. The molecule has 0 atom stereocenters. The maximum Gasteiger partial charge on any atom is 0.271 e.